The highest BCUT2D eigenvalue weighted by molar-refractivity contribution is 5.89. The van der Waals surface area contributed by atoms with Crippen molar-refractivity contribution in [2.24, 2.45) is 11.7 Å². The Morgan fingerprint density at radius 2 is 2.00 bits per heavy atom. The van der Waals surface area contributed by atoms with Gasteiger partial charge in [-0.05, 0) is 38.0 Å². The molecular weight excluding hydrogens is 304 g/mol. The van der Waals surface area contributed by atoms with Crippen LogP contribution in [0.15, 0.2) is 0 Å². The highest BCUT2D eigenvalue weighted by atomic mass is 16.5. The van der Waals surface area contributed by atoms with Crippen molar-refractivity contribution in [2.45, 2.75) is 56.2 Å². The van der Waals surface area contributed by atoms with Gasteiger partial charge in [0.15, 0.2) is 6.04 Å². The lowest BCUT2D eigenvalue weighted by atomic mass is 9.97. The lowest BCUT2D eigenvalue weighted by Crippen LogP contribution is -2.52. The van der Waals surface area contributed by atoms with Gasteiger partial charge in [0, 0.05) is 0 Å². The first-order valence-electron chi connectivity index (χ1n) is 7.85. The van der Waals surface area contributed by atoms with Crippen LogP contribution in [0.5, 0.6) is 0 Å². The van der Waals surface area contributed by atoms with E-state index in [1.54, 1.807) is 0 Å². The van der Waals surface area contributed by atoms with Gasteiger partial charge in [-0.3, -0.25) is 9.59 Å². The molecule has 1 amide bonds. The third-order valence-electron chi connectivity index (χ3n) is 4.77. The van der Waals surface area contributed by atoms with Crippen molar-refractivity contribution >= 4 is 17.8 Å². The van der Waals surface area contributed by atoms with Gasteiger partial charge < -0.3 is 25.6 Å². The number of carboxylic acid groups (broad SMARTS) is 1. The number of hydrogen-bond acceptors (Lipinski definition) is 6. The van der Waals surface area contributed by atoms with E-state index in [4.69, 9.17) is 15.6 Å². The topological polar surface area (TPSA) is 128 Å². The molecule has 4 N–H and O–H groups in total. The summed E-state index contributed by atoms with van der Waals surface area (Å²) in [5.74, 6) is -1.82. The maximum atomic E-state index is 11.9. The van der Waals surface area contributed by atoms with Gasteiger partial charge in [0.05, 0.1) is 31.8 Å². The molecule has 0 saturated heterocycles. The molecule has 8 heteroatoms. The Morgan fingerprint density at radius 3 is 2.48 bits per heavy atom. The van der Waals surface area contributed by atoms with Crippen molar-refractivity contribution < 1.29 is 29.0 Å². The normalized spacial score (nSPS) is 28.2. The van der Waals surface area contributed by atoms with Crippen LogP contribution in [0.1, 0.15) is 38.5 Å². The lowest BCUT2D eigenvalue weighted by molar-refractivity contribution is -0.149. The number of carbonyl (C=O) groups excluding carboxylic acids is 2. The van der Waals surface area contributed by atoms with Crippen LogP contribution < -0.4 is 11.1 Å². The number of ether oxygens (including phenoxy) is 2. The Kier molecular flexibility index (Phi) is 5.59. The molecule has 130 valence electrons. The van der Waals surface area contributed by atoms with E-state index in [9.17, 15) is 14.4 Å². The first-order valence-corrected chi connectivity index (χ1v) is 7.85. The highest BCUT2D eigenvalue weighted by Gasteiger charge is 2.46. The van der Waals surface area contributed by atoms with Crippen molar-refractivity contribution in [3.8, 4) is 0 Å². The summed E-state index contributed by atoms with van der Waals surface area (Å²) >= 11 is 0. The number of carbonyl (C=O) groups is 3. The van der Waals surface area contributed by atoms with Crippen molar-refractivity contribution in [1.29, 1.82) is 0 Å². The van der Waals surface area contributed by atoms with Gasteiger partial charge in [-0.1, -0.05) is 0 Å². The molecule has 0 radical (unpaired) electrons. The minimum atomic E-state index is -1.22. The molecule has 0 aromatic rings. The molecule has 8 nitrogen and oxygen atoms in total. The van der Waals surface area contributed by atoms with E-state index in [0.717, 1.165) is 32.1 Å². The van der Waals surface area contributed by atoms with Gasteiger partial charge in [0.1, 0.15) is 0 Å². The van der Waals surface area contributed by atoms with E-state index >= 15 is 0 Å². The number of amides is 1. The minimum absolute atomic E-state index is 0.00489. The van der Waals surface area contributed by atoms with Gasteiger partial charge >= 0.3 is 11.9 Å². The zero-order valence-electron chi connectivity index (χ0n) is 13.2. The standard InChI is InChI=1S/C15H24N2O6/c1-22-14(21)11(17-13(20)10(16)6-12(18)19)8-23-15-4-2-9(7-15)3-5-15/h9-11H,2-8,16H2,1H3,(H,17,20)(H,18,19)/t9?,10-,11-,15?/m0/s1. The molecule has 2 fully saturated rings. The van der Waals surface area contributed by atoms with Crippen LogP contribution in [0, 0.1) is 5.92 Å². The molecule has 2 rings (SSSR count). The van der Waals surface area contributed by atoms with Crippen molar-refractivity contribution in [2.75, 3.05) is 13.7 Å². The van der Waals surface area contributed by atoms with Gasteiger partial charge in [-0.2, -0.15) is 0 Å². The second-order valence-corrected chi connectivity index (χ2v) is 6.43. The fraction of sp³-hybridized carbons (Fsp3) is 0.800. The van der Waals surface area contributed by atoms with Crippen molar-refractivity contribution in [1.82, 2.24) is 5.32 Å². The van der Waals surface area contributed by atoms with Crippen molar-refractivity contribution in [3.63, 3.8) is 0 Å². The molecule has 0 spiro atoms. The maximum Gasteiger partial charge on any atom is 0.330 e. The molecule has 2 aliphatic rings. The number of hydrogen-bond donors (Lipinski definition) is 3. The SMILES string of the molecule is COC(=O)[C@H](COC12CCC(CC1)C2)NC(=O)[C@@H](N)CC(=O)O. The summed E-state index contributed by atoms with van der Waals surface area (Å²) in [7, 11) is 1.22. The first-order chi connectivity index (χ1) is 10.8. The molecule has 2 aliphatic carbocycles. The summed E-state index contributed by atoms with van der Waals surface area (Å²) in [5.41, 5.74) is 5.31. The molecule has 2 bridgehead atoms. The van der Waals surface area contributed by atoms with Gasteiger partial charge in [0.25, 0.3) is 0 Å². The van der Waals surface area contributed by atoms with Crippen LogP contribution in [-0.2, 0) is 23.9 Å². The quantitative estimate of drug-likeness (QED) is 0.526. The number of carboxylic acids is 1. The number of nitrogens with two attached hydrogens (primary N) is 1. The van der Waals surface area contributed by atoms with E-state index < -0.39 is 36.4 Å². The lowest BCUT2D eigenvalue weighted by Gasteiger charge is -2.29. The Hall–Kier alpha value is -1.67. The predicted molar refractivity (Wildman–Crippen MR) is 79.4 cm³/mol. The molecule has 0 unspecified atom stereocenters. The monoisotopic (exact) mass is 328 g/mol. The Balaban J connectivity index is 1.90. The van der Waals surface area contributed by atoms with Gasteiger partial charge in [-0.25, -0.2) is 4.79 Å². The van der Waals surface area contributed by atoms with Crippen LogP contribution in [0.3, 0.4) is 0 Å². The largest absolute Gasteiger partial charge is 0.481 e. The summed E-state index contributed by atoms with van der Waals surface area (Å²) in [6, 6.07) is -2.21. The average molecular weight is 328 g/mol. The van der Waals surface area contributed by atoms with E-state index in [0.29, 0.717) is 5.92 Å². The van der Waals surface area contributed by atoms with Crippen LogP contribution in [0.4, 0.5) is 0 Å². The van der Waals surface area contributed by atoms with E-state index in [1.165, 1.54) is 7.11 Å². The predicted octanol–water partition coefficient (Wildman–Crippen LogP) is -0.204. The summed E-state index contributed by atoms with van der Waals surface area (Å²) in [6.45, 7) is 0.00489. The zero-order valence-corrected chi connectivity index (χ0v) is 13.2. The summed E-state index contributed by atoms with van der Waals surface area (Å²) in [4.78, 5) is 34.3. The molecule has 0 aromatic heterocycles. The molecule has 0 heterocycles. The fourth-order valence-corrected chi connectivity index (χ4v) is 3.47. The summed E-state index contributed by atoms with van der Waals surface area (Å²) in [6.07, 6.45) is 4.70. The minimum Gasteiger partial charge on any atom is -0.481 e. The molecular formula is C15H24N2O6. The summed E-state index contributed by atoms with van der Waals surface area (Å²) < 4.78 is 10.6. The van der Waals surface area contributed by atoms with Crippen LogP contribution in [-0.4, -0.2) is 54.4 Å². The smallest absolute Gasteiger partial charge is 0.330 e. The number of nitrogens with one attached hydrogen (secondary N) is 1. The van der Waals surface area contributed by atoms with Crippen LogP contribution in [0.25, 0.3) is 0 Å². The third kappa shape index (κ3) is 4.42. The number of methoxy groups -OCH3 is 1. The van der Waals surface area contributed by atoms with Gasteiger partial charge in [-0.15, -0.1) is 0 Å². The molecule has 2 saturated carbocycles. The zero-order chi connectivity index (χ0) is 17.0. The highest BCUT2D eigenvalue weighted by Crippen LogP contribution is 2.49. The Morgan fingerprint density at radius 1 is 1.35 bits per heavy atom. The number of esters is 1. The fourth-order valence-electron chi connectivity index (χ4n) is 3.47. The number of fused-ring (bicyclic) bond motifs is 2. The molecule has 23 heavy (non-hydrogen) atoms. The van der Waals surface area contributed by atoms with Crippen LogP contribution in [0.2, 0.25) is 0 Å². The molecule has 2 atom stereocenters. The second-order valence-electron chi connectivity index (χ2n) is 6.43. The Bertz CT molecular complexity index is 473. The van der Waals surface area contributed by atoms with Crippen LogP contribution >= 0.6 is 0 Å². The third-order valence-corrected chi connectivity index (χ3v) is 4.77. The first kappa shape index (κ1) is 17.7. The number of rotatable bonds is 8. The number of aliphatic carboxylic acids is 1. The molecule has 0 aromatic carbocycles. The maximum absolute atomic E-state index is 11.9. The molecule has 0 aliphatic heterocycles. The van der Waals surface area contributed by atoms with E-state index in [1.807, 2.05) is 0 Å². The van der Waals surface area contributed by atoms with Crippen molar-refractivity contribution in [3.05, 3.63) is 0 Å². The summed E-state index contributed by atoms with van der Waals surface area (Å²) in [5, 5.41) is 11.1. The second kappa shape index (κ2) is 7.27. The van der Waals surface area contributed by atoms with E-state index in [2.05, 4.69) is 10.1 Å². The Labute approximate surface area is 134 Å². The average Bonchev–Trinajstić information content (AvgIpc) is 3.10. The van der Waals surface area contributed by atoms with Gasteiger partial charge in [0.2, 0.25) is 5.91 Å². The van der Waals surface area contributed by atoms with E-state index in [-0.39, 0.29) is 12.2 Å².